The first kappa shape index (κ1) is 10.4. The van der Waals surface area contributed by atoms with Gasteiger partial charge in [0.1, 0.15) is 0 Å². The molecule has 1 aliphatic rings. The number of allylic oxidation sites excluding steroid dienone is 4. The van der Waals surface area contributed by atoms with E-state index in [1.165, 1.54) is 6.92 Å². The lowest BCUT2D eigenvalue weighted by atomic mass is 9.79. The highest BCUT2D eigenvalue weighted by molar-refractivity contribution is 5.27. The molecule has 0 bridgehead atoms. The highest BCUT2D eigenvalue weighted by Crippen LogP contribution is 2.42. The first-order chi connectivity index (χ1) is 5.84. The van der Waals surface area contributed by atoms with Crippen LogP contribution in [0, 0.1) is 11.8 Å². The first-order valence-corrected chi connectivity index (χ1v) is 4.25. The van der Waals surface area contributed by atoms with Gasteiger partial charge in [-0.25, -0.2) is 0 Å². The minimum atomic E-state index is -4.12. The maximum Gasteiger partial charge on any atom is 0.395 e. The number of alkyl halides is 3. The van der Waals surface area contributed by atoms with Crippen LogP contribution in [-0.4, -0.2) is 6.18 Å². The van der Waals surface area contributed by atoms with Crippen molar-refractivity contribution >= 4 is 0 Å². The van der Waals surface area contributed by atoms with Gasteiger partial charge in [-0.15, -0.1) is 0 Å². The summed E-state index contributed by atoms with van der Waals surface area (Å²) >= 11 is 0. The van der Waals surface area contributed by atoms with Gasteiger partial charge in [0.2, 0.25) is 0 Å². The second-order valence-corrected chi connectivity index (χ2v) is 3.63. The van der Waals surface area contributed by atoms with E-state index in [-0.39, 0.29) is 0 Å². The van der Waals surface area contributed by atoms with Gasteiger partial charge in [-0.05, 0) is 19.8 Å². The summed E-state index contributed by atoms with van der Waals surface area (Å²) in [5.74, 6) is -1.72. The summed E-state index contributed by atoms with van der Waals surface area (Å²) in [7, 11) is 0. The number of hydrogen-bond donors (Lipinski definition) is 0. The van der Waals surface area contributed by atoms with Gasteiger partial charge in [-0.2, -0.15) is 13.2 Å². The fraction of sp³-hybridized carbons (Fsp3) is 0.600. The Balaban J connectivity index is 3.00. The third-order valence-electron chi connectivity index (χ3n) is 2.67. The number of halogens is 3. The molecule has 2 atom stereocenters. The van der Waals surface area contributed by atoms with Crippen LogP contribution in [0.1, 0.15) is 20.8 Å². The third-order valence-corrected chi connectivity index (χ3v) is 2.67. The molecule has 3 heteroatoms. The van der Waals surface area contributed by atoms with E-state index < -0.39 is 18.0 Å². The zero-order valence-electron chi connectivity index (χ0n) is 7.94. The van der Waals surface area contributed by atoms with Crippen LogP contribution in [0.15, 0.2) is 23.3 Å². The monoisotopic (exact) mass is 190 g/mol. The largest absolute Gasteiger partial charge is 0.395 e. The Bertz CT molecular complexity index is 258. The molecule has 13 heavy (non-hydrogen) atoms. The zero-order chi connectivity index (χ0) is 10.2. The normalized spacial score (nSPS) is 29.7. The average Bonchev–Trinajstić information content (AvgIpc) is 1.95. The van der Waals surface area contributed by atoms with Crippen LogP contribution >= 0.6 is 0 Å². The molecule has 0 aromatic carbocycles. The minimum Gasteiger partial charge on any atom is -0.170 e. The van der Waals surface area contributed by atoms with Crippen molar-refractivity contribution in [2.75, 3.05) is 0 Å². The van der Waals surface area contributed by atoms with Crippen LogP contribution in [-0.2, 0) is 0 Å². The second-order valence-electron chi connectivity index (χ2n) is 3.63. The van der Waals surface area contributed by atoms with Crippen LogP contribution in [0.5, 0.6) is 0 Å². The van der Waals surface area contributed by atoms with Gasteiger partial charge in [-0.3, -0.25) is 0 Å². The predicted octanol–water partition coefficient (Wildman–Crippen LogP) is 3.71. The van der Waals surface area contributed by atoms with Crippen molar-refractivity contribution in [3.63, 3.8) is 0 Å². The van der Waals surface area contributed by atoms with E-state index in [2.05, 4.69) is 0 Å². The Morgan fingerprint density at radius 2 is 1.54 bits per heavy atom. The Labute approximate surface area is 76.1 Å². The maximum atomic E-state index is 12.5. The lowest BCUT2D eigenvalue weighted by Gasteiger charge is -2.30. The van der Waals surface area contributed by atoms with E-state index in [4.69, 9.17) is 0 Å². The minimum absolute atomic E-state index is 0.408. The summed E-state index contributed by atoms with van der Waals surface area (Å²) in [5.41, 5.74) is 1.21. The van der Waals surface area contributed by atoms with Gasteiger partial charge in [0.15, 0.2) is 0 Å². The summed E-state index contributed by atoms with van der Waals surface area (Å²) in [6.45, 7) is 4.91. The smallest absolute Gasteiger partial charge is 0.170 e. The van der Waals surface area contributed by atoms with Crippen LogP contribution in [0.2, 0.25) is 0 Å². The van der Waals surface area contributed by atoms with Crippen LogP contribution in [0.3, 0.4) is 0 Å². The first-order valence-electron chi connectivity index (χ1n) is 4.25. The van der Waals surface area contributed by atoms with Crippen LogP contribution in [0.25, 0.3) is 0 Å². The molecule has 0 nitrogen and oxygen atoms in total. The van der Waals surface area contributed by atoms with E-state index >= 15 is 0 Å². The van der Waals surface area contributed by atoms with Crippen LogP contribution < -0.4 is 0 Å². The lowest BCUT2D eigenvalue weighted by molar-refractivity contribution is -0.173. The van der Waals surface area contributed by atoms with Gasteiger partial charge < -0.3 is 0 Å². The maximum absolute atomic E-state index is 12.5. The third kappa shape index (κ3) is 1.95. The molecule has 0 aliphatic heterocycles. The Kier molecular flexibility index (Phi) is 2.55. The van der Waals surface area contributed by atoms with Crippen molar-refractivity contribution in [3.8, 4) is 0 Å². The number of rotatable bonds is 0. The van der Waals surface area contributed by atoms with E-state index in [1.807, 2.05) is 0 Å². The van der Waals surface area contributed by atoms with Gasteiger partial charge in [-0.1, -0.05) is 30.2 Å². The molecule has 0 aromatic rings. The predicted molar refractivity (Wildman–Crippen MR) is 46.2 cm³/mol. The molecule has 1 aliphatic carbocycles. The molecule has 0 fully saturated rings. The molecule has 1 rings (SSSR count). The number of hydrogen-bond acceptors (Lipinski definition) is 0. The fourth-order valence-corrected chi connectivity index (χ4v) is 1.72. The summed E-state index contributed by atoms with van der Waals surface area (Å²) < 4.78 is 37.6. The molecular weight excluding hydrogens is 177 g/mol. The lowest BCUT2D eigenvalue weighted by Crippen LogP contribution is -2.31. The van der Waals surface area contributed by atoms with Gasteiger partial charge in [0.25, 0.3) is 0 Å². The summed E-state index contributed by atoms with van der Waals surface area (Å²) in [5, 5.41) is 0. The Morgan fingerprint density at radius 1 is 1.08 bits per heavy atom. The molecule has 2 unspecified atom stereocenters. The molecule has 0 spiro atoms. The summed E-state index contributed by atoms with van der Waals surface area (Å²) in [6.07, 6.45) is -0.786. The summed E-state index contributed by atoms with van der Waals surface area (Å²) in [6, 6.07) is 0. The highest BCUT2D eigenvalue weighted by atomic mass is 19.4. The summed E-state index contributed by atoms with van der Waals surface area (Å²) in [4.78, 5) is 0. The average molecular weight is 190 g/mol. The van der Waals surface area contributed by atoms with Crippen molar-refractivity contribution in [1.82, 2.24) is 0 Å². The standard InChI is InChI=1S/C10H13F3/c1-6-4-5-7(2)9(8(6)3)10(11,12)13/h4-5,8-9H,1-3H3. The van der Waals surface area contributed by atoms with Gasteiger partial charge in [0.05, 0.1) is 5.92 Å². The molecule has 0 saturated carbocycles. The van der Waals surface area contributed by atoms with Crippen molar-refractivity contribution in [3.05, 3.63) is 23.3 Å². The van der Waals surface area contributed by atoms with Crippen molar-refractivity contribution in [1.29, 1.82) is 0 Å². The second kappa shape index (κ2) is 3.20. The molecule has 74 valence electrons. The Morgan fingerprint density at radius 3 is 1.92 bits per heavy atom. The SMILES string of the molecule is CC1=CC=C(C)C(C(F)(F)F)C1C. The quantitative estimate of drug-likeness (QED) is 0.546. The molecular formula is C10H13F3. The van der Waals surface area contributed by atoms with E-state index in [1.54, 1.807) is 26.0 Å². The van der Waals surface area contributed by atoms with Crippen LogP contribution in [0.4, 0.5) is 13.2 Å². The molecule has 0 amide bonds. The molecule has 0 heterocycles. The van der Waals surface area contributed by atoms with E-state index in [0.717, 1.165) is 5.57 Å². The fourth-order valence-electron chi connectivity index (χ4n) is 1.72. The molecule has 0 saturated heterocycles. The topological polar surface area (TPSA) is 0 Å². The molecule has 0 aromatic heterocycles. The highest BCUT2D eigenvalue weighted by Gasteiger charge is 2.45. The van der Waals surface area contributed by atoms with Crippen molar-refractivity contribution in [2.45, 2.75) is 26.9 Å². The van der Waals surface area contributed by atoms with Gasteiger partial charge in [0, 0.05) is 0 Å². The van der Waals surface area contributed by atoms with Crippen molar-refractivity contribution < 1.29 is 13.2 Å². The Hall–Kier alpha value is -0.730. The molecule has 0 N–H and O–H groups in total. The van der Waals surface area contributed by atoms with E-state index in [9.17, 15) is 13.2 Å². The molecule has 0 radical (unpaired) electrons. The van der Waals surface area contributed by atoms with Gasteiger partial charge >= 0.3 is 6.18 Å². The van der Waals surface area contributed by atoms with E-state index in [0.29, 0.717) is 5.57 Å². The zero-order valence-corrected chi connectivity index (χ0v) is 7.94. The van der Waals surface area contributed by atoms with Crippen molar-refractivity contribution in [2.24, 2.45) is 11.8 Å².